The first-order valence-electron chi connectivity index (χ1n) is 9.91. The number of carbonyl (C=O) groups is 3. The second-order valence-electron chi connectivity index (χ2n) is 7.82. The van der Waals surface area contributed by atoms with E-state index >= 15 is 0 Å². The molecule has 6 nitrogen and oxygen atoms in total. The molecule has 146 valence electrons. The Morgan fingerprint density at radius 3 is 2.61 bits per heavy atom. The fourth-order valence-electron chi connectivity index (χ4n) is 4.28. The molecular formula is C22H25N3O3. The second-order valence-corrected chi connectivity index (χ2v) is 7.82. The van der Waals surface area contributed by atoms with Crippen LogP contribution in [0.1, 0.15) is 50.6 Å². The van der Waals surface area contributed by atoms with Gasteiger partial charge in [-0.2, -0.15) is 0 Å². The van der Waals surface area contributed by atoms with Crippen LogP contribution in [0.15, 0.2) is 42.5 Å². The quantitative estimate of drug-likeness (QED) is 0.783. The molecule has 4 amide bonds. The van der Waals surface area contributed by atoms with Gasteiger partial charge in [0.2, 0.25) is 5.91 Å². The Labute approximate surface area is 164 Å². The van der Waals surface area contributed by atoms with Crippen molar-refractivity contribution >= 4 is 28.6 Å². The van der Waals surface area contributed by atoms with E-state index in [1.807, 2.05) is 37.3 Å². The lowest BCUT2D eigenvalue weighted by Crippen LogP contribution is -2.44. The molecule has 1 saturated carbocycles. The Kier molecular flexibility index (Phi) is 4.79. The predicted octanol–water partition coefficient (Wildman–Crippen LogP) is 3.27. The number of benzene rings is 2. The van der Waals surface area contributed by atoms with Crippen molar-refractivity contribution in [3.63, 3.8) is 0 Å². The van der Waals surface area contributed by atoms with Crippen LogP contribution >= 0.6 is 0 Å². The van der Waals surface area contributed by atoms with E-state index < -0.39 is 5.54 Å². The summed E-state index contributed by atoms with van der Waals surface area (Å²) in [6.07, 6.45) is 3.39. The topological polar surface area (TPSA) is 78.5 Å². The summed E-state index contributed by atoms with van der Waals surface area (Å²) in [6, 6.07) is 13.7. The summed E-state index contributed by atoms with van der Waals surface area (Å²) in [4.78, 5) is 38.4. The molecule has 2 N–H and O–H groups in total. The number of nitrogens with one attached hydrogen (secondary N) is 2. The van der Waals surface area contributed by atoms with E-state index in [1.54, 1.807) is 0 Å². The van der Waals surface area contributed by atoms with E-state index in [2.05, 4.69) is 22.8 Å². The zero-order valence-corrected chi connectivity index (χ0v) is 16.0. The molecule has 2 aromatic rings. The second kappa shape index (κ2) is 7.26. The minimum Gasteiger partial charge on any atom is -0.350 e. The molecule has 1 aliphatic carbocycles. The third-order valence-corrected chi connectivity index (χ3v) is 5.92. The Balaban J connectivity index is 1.35. The van der Waals surface area contributed by atoms with Crippen LogP contribution in [0.5, 0.6) is 0 Å². The summed E-state index contributed by atoms with van der Waals surface area (Å²) in [6.45, 7) is 2.05. The molecule has 1 spiro atoms. The SMILES string of the molecule is CC(NC(=O)CCN1C(=O)NC2(CCCC2)C1=O)c1ccc2ccccc2c1. The third kappa shape index (κ3) is 3.35. The smallest absolute Gasteiger partial charge is 0.325 e. The van der Waals surface area contributed by atoms with Gasteiger partial charge in [0.05, 0.1) is 6.04 Å². The highest BCUT2D eigenvalue weighted by atomic mass is 16.2. The minimum atomic E-state index is -0.716. The average molecular weight is 379 g/mol. The fourth-order valence-corrected chi connectivity index (χ4v) is 4.28. The molecule has 1 saturated heterocycles. The molecule has 2 fully saturated rings. The van der Waals surface area contributed by atoms with Crippen molar-refractivity contribution in [2.75, 3.05) is 6.54 Å². The molecule has 0 radical (unpaired) electrons. The van der Waals surface area contributed by atoms with Gasteiger partial charge in [-0.25, -0.2) is 4.79 Å². The summed E-state index contributed by atoms with van der Waals surface area (Å²) >= 11 is 0. The zero-order valence-electron chi connectivity index (χ0n) is 16.0. The monoisotopic (exact) mass is 379 g/mol. The third-order valence-electron chi connectivity index (χ3n) is 5.92. The zero-order chi connectivity index (χ0) is 19.7. The van der Waals surface area contributed by atoms with Gasteiger partial charge in [0.1, 0.15) is 5.54 Å². The Bertz CT molecular complexity index is 934. The van der Waals surface area contributed by atoms with Crippen LogP contribution in [0.2, 0.25) is 0 Å². The first-order valence-corrected chi connectivity index (χ1v) is 9.91. The molecule has 1 heterocycles. The highest BCUT2D eigenvalue weighted by Gasteiger charge is 2.52. The normalized spacial score (nSPS) is 19.2. The molecular weight excluding hydrogens is 354 g/mol. The van der Waals surface area contributed by atoms with Crippen LogP contribution < -0.4 is 10.6 Å². The number of nitrogens with zero attached hydrogens (tertiary/aromatic N) is 1. The molecule has 2 aliphatic rings. The maximum Gasteiger partial charge on any atom is 0.325 e. The maximum absolute atomic E-state index is 12.6. The Hall–Kier alpha value is -2.89. The van der Waals surface area contributed by atoms with Gasteiger partial charge in [0.15, 0.2) is 0 Å². The van der Waals surface area contributed by atoms with Crippen molar-refractivity contribution in [2.24, 2.45) is 0 Å². The lowest BCUT2D eigenvalue weighted by Gasteiger charge is -2.20. The lowest BCUT2D eigenvalue weighted by molar-refractivity contribution is -0.131. The first-order chi connectivity index (χ1) is 13.5. The highest BCUT2D eigenvalue weighted by Crippen LogP contribution is 2.35. The van der Waals surface area contributed by atoms with Crippen LogP contribution in [0, 0.1) is 0 Å². The Morgan fingerprint density at radius 2 is 1.86 bits per heavy atom. The van der Waals surface area contributed by atoms with Crippen LogP contribution in [-0.4, -0.2) is 34.8 Å². The van der Waals surface area contributed by atoms with E-state index in [9.17, 15) is 14.4 Å². The van der Waals surface area contributed by atoms with Crippen molar-refractivity contribution in [1.29, 1.82) is 0 Å². The number of fused-ring (bicyclic) bond motifs is 1. The number of amides is 4. The maximum atomic E-state index is 12.6. The van der Waals surface area contributed by atoms with Crippen LogP contribution in [-0.2, 0) is 9.59 Å². The van der Waals surface area contributed by atoms with Crippen molar-refractivity contribution in [1.82, 2.24) is 15.5 Å². The molecule has 1 atom stereocenters. The molecule has 4 rings (SSSR count). The fraction of sp³-hybridized carbons (Fsp3) is 0.409. The van der Waals surface area contributed by atoms with Gasteiger partial charge in [0.25, 0.3) is 5.91 Å². The van der Waals surface area contributed by atoms with Gasteiger partial charge in [-0.1, -0.05) is 49.2 Å². The number of imide groups is 1. The molecule has 0 aromatic heterocycles. The van der Waals surface area contributed by atoms with Gasteiger partial charge >= 0.3 is 6.03 Å². The molecule has 2 aromatic carbocycles. The van der Waals surface area contributed by atoms with Crippen molar-refractivity contribution < 1.29 is 14.4 Å². The summed E-state index contributed by atoms with van der Waals surface area (Å²) in [7, 11) is 0. The molecule has 6 heteroatoms. The van der Waals surface area contributed by atoms with Crippen molar-refractivity contribution in [2.45, 2.75) is 50.6 Å². The van der Waals surface area contributed by atoms with E-state index in [4.69, 9.17) is 0 Å². The molecule has 0 bridgehead atoms. The molecule has 1 aliphatic heterocycles. The molecule has 28 heavy (non-hydrogen) atoms. The van der Waals surface area contributed by atoms with Gasteiger partial charge in [-0.3, -0.25) is 14.5 Å². The predicted molar refractivity (Wildman–Crippen MR) is 107 cm³/mol. The van der Waals surface area contributed by atoms with Crippen LogP contribution in [0.4, 0.5) is 4.79 Å². The van der Waals surface area contributed by atoms with E-state index in [1.165, 1.54) is 4.90 Å². The number of rotatable bonds is 5. The van der Waals surface area contributed by atoms with Crippen molar-refractivity contribution in [3.8, 4) is 0 Å². The summed E-state index contributed by atoms with van der Waals surface area (Å²) < 4.78 is 0. The average Bonchev–Trinajstić information content (AvgIpc) is 3.25. The van der Waals surface area contributed by atoms with Crippen LogP contribution in [0.25, 0.3) is 10.8 Å². The van der Waals surface area contributed by atoms with Crippen molar-refractivity contribution in [3.05, 3.63) is 48.0 Å². The summed E-state index contributed by atoms with van der Waals surface area (Å²) in [5.41, 5.74) is 0.304. The highest BCUT2D eigenvalue weighted by molar-refractivity contribution is 6.07. The number of hydrogen-bond donors (Lipinski definition) is 2. The number of urea groups is 1. The van der Waals surface area contributed by atoms with E-state index in [0.29, 0.717) is 12.8 Å². The van der Waals surface area contributed by atoms with Gasteiger partial charge in [0, 0.05) is 13.0 Å². The van der Waals surface area contributed by atoms with E-state index in [-0.39, 0.29) is 36.9 Å². The van der Waals surface area contributed by atoms with Crippen LogP contribution in [0.3, 0.4) is 0 Å². The van der Waals surface area contributed by atoms with Gasteiger partial charge < -0.3 is 10.6 Å². The van der Waals surface area contributed by atoms with E-state index in [0.717, 1.165) is 29.2 Å². The lowest BCUT2D eigenvalue weighted by atomic mass is 9.98. The van der Waals surface area contributed by atoms with Gasteiger partial charge in [-0.15, -0.1) is 0 Å². The standard InChI is InChI=1S/C22H25N3O3/c1-15(17-9-8-16-6-2-3-7-18(16)14-17)23-19(26)10-13-25-20(27)22(24-21(25)28)11-4-5-12-22/h2-3,6-9,14-15H,4-5,10-13H2,1H3,(H,23,26)(H,24,28). The van der Waals surface area contributed by atoms with Gasteiger partial charge in [-0.05, 0) is 42.2 Å². The minimum absolute atomic E-state index is 0.104. The Morgan fingerprint density at radius 1 is 1.14 bits per heavy atom. The number of hydrogen-bond acceptors (Lipinski definition) is 3. The first kappa shape index (κ1) is 18.5. The summed E-state index contributed by atoms with van der Waals surface area (Å²) in [5, 5.41) is 8.09. The largest absolute Gasteiger partial charge is 0.350 e. The number of carbonyl (C=O) groups excluding carboxylic acids is 3. The summed E-state index contributed by atoms with van der Waals surface area (Å²) in [5.74, 6) is -0.348. The molecule has 1 unspecified atom stereocenters.